The number of hydrogen-bond acceptors (Lipinski definition) is 2. The molecule has 3 rings (SSSR count). The normalized spacial score (nSPS) is 11.2. The van der Waals surface area contributed by atoms with Crippen LogP contribution in [0.25, 0.3) is 0 Å². The van der Waals surface area contributed by atoms with Crippen LogP contribution in [0.4, 0.5) is 0 Å². The Hall–Kier alpha value is -2.46. The van der Waals surface area contributed by atoms with Gasteiger partial charge in [-0.05, 0) is 52.0 Å². The summed E-state index contributed by atoms with van der Waals surface area (Å²) in [6.07, 6.45) is 2.72. The number of amides is 1. The average molecular weight is 395 g/mol. The zero-order valence-corrected chi connectivity index (χ0v) is 15.3. The topological polar surface area (TPSA) is 56.0 Å². The molecule has 0 aliphatic heterocycles. The Balaban J connectivity index is 2.10. The minimum atomic E-state index is -0.899. The van der Waals surface area contributed by atoms with Crippen LogP contribution in [-0.4, -0.2) is 10.9 Å². The van der Waals surface area contributed by atoms with Gasteiger partial charge in [0.15, 0.2) is 0 Å². The highest BCUT2D eigenvalue weighted by atomic mass is 79.9. The van der Waals surface area contributed by atoms with E-state index in [4.69, 9.17) is 5.73 Å². The second-order valence-electron chi connectivity index (χ2n) is 6.13. The number of nitrogens with two attached hydrogens (primary N) is 1. The van der Waals surface area contributed by atoms with Crippen molar-refractivity contribution in [1.29, 1.82) is 0 Å². The molecule has 2 N–H and O–H groups in total. The van der Waals surface area contributed by atoms with Crippen LogP contribution < -0.4 is 5.73 Å². The summed E-state index contributed by atoms with van der Waals surface area (Å²) in [6, 6.07) is 23.6. The van der Waals surface area contributed by atoms with Crippen LogP contribution in [0.5, 0.6) is 0 Å². The fourth-order valence-corrected chi connectivity index (χ4v) is 3.33. The predicted octanol–water partition coefficient (Wildman–Crippen LogP) is 4.05. The van der Waals surface area contributed by atoms with E-state index >= 15 is 0 Å². The molecular formula is C21H19BrN2O. The quantitative estimate of drug-likeness (QED) is 0.685. The summed E-state index contributed by atoms with van der Waals surface area (Å²) < 4.78 is 0.869. The van der Waals surface area contributed by atoms with Crippen LogP contribution in [0.2, 0.25) is 0 Å². The molecule has 0 bridgehead atoms. The maximum atomic E-state index is 12.7. The molecule has 1 aromatic heterocycles. The monoisotopic (exact) mass is 394 g/mol. The molecule has 25 heavy (non-hydrogen) atoms. The summed E-state index contributed by atoms with van der Waals surface area (Å²) in [5.74, 6) is -0.366. The Morgan fingerprint density at radius 3 is 1.80 bits per heavy atom. The highest BCUT2D eigenvalue weighted by Crippen LogP contribution is 2.32. The zero-order chi connectivity index (χ0) is 17.7. The van der Waals surface area contributed by atoms with Gasteiger partial charge in [-0.15, -0.1) is 0 Å². The SMILES string of the molecule is NC(=O)C(Cc1ccccc1)(Cc1ccccc1)c1ccc(Br)cn1. The largest absolute Gasteiger partial charge is 0.369 e. The lowest BCUT2D eigenvalue weighted by Gasteiger charge is -2.30. The highest BCUT2D eigenvalue weighted by Gasteiger charge is 2.40. The molecule has 0 aliphatic carbocycles. The summed E-state index contributed by atoms with van der Waals surface area (Å²) in [5, 5.41) is 0. The lowest BCUT2D eigenvalue weighted by Crippen LogP contribution is -2.45. The van der Waals surface area contributed by atoms with E-state index in [1.165, 1.54) is 0 Å². The Morgan fingerprint density at radius 2 is 1.40 bits per heavy atom. The van der Waals surface area contributed by atoms with Crippen LogP contribution in [0, 0.1) is 0 Å². The first-order valence-electron chi connectivity index (χ1n) is 8.10. The summed E-state index contributed by atoms with van der Waals surface area (Å²) >= 11 is 3.40. The van der Waals surface area contributed by atoms with E-state index in [0.717, 1.165) is 15.6 Å². The molecule has 4 heteroatoms. The molecule has 0 saturated carbocycles. The molecule has 3 aromatic rings. The van der Waals surface area contributed by atoms with E-state index < -0.39 is 5.41 Å². The van der Waals surface area contributed by atoms with E-state index in [1.54, 1.807) is 6.20 Å². The van der Waals surface area contributed by atoms with Gasteiger partial charge in [-0.25, -0.2) is 0 Å². The lowest BCUT2D eigenvalue weighted by atomic mass is 9.73. The second kappa shape index (κ2) is 7.62. The molecule has 0 spiro atoms. The standard InChI is InChI=1S/C21H19BrN2O/c22-18-11-12-19(24-15-18)21(20(23)25,13-16-7-3-1-4-8-16)14-17-9-5-2-6-10-17/h1-12,15H,13-14H2,(H2,23,25). The Labute approximate surface area is 156 Å². The van der Waals surface area contributed by atoms with Crippen molar-refractivity contribution in [3.8, 4) is 0 Å². The Morgan fingerprint density at radius 1 is 0.880 bits per heavy atom. The summed E-state index contributed by atoms with van der Waals surface area (Å²) in [5.41, 5.74) is 7.85. The molecule has 0 atom stereocenters. The van der Waals surface area contributed by atoms with Crippen LogP contribution in [0.15, 0.2) is 83.5 Å². The van der Waals surface area contributed by atoms with E-state index in [9.17, 15) is 4.79 Å². The van der Waals surface area contributed by atoms with Crippen LogP contribution >= 0.6 is 15.9 Å². The first-order valence-corrected chi connectivity index (χ1v) is 8.89. The van der Waals surface area contributed by atoms with Crippen molar-refractivity contribution < 1.29 is 4.79 Å². The molecule has 1 heterocycles. The fraction of sp³-hybridized carbons (Fsp3) is 0.143. The molecule has 2 aromatic carbocycles. The lowest BCUT2D eigenvalue weighted by molar-refractivity contribution is -0.123. The first-order chi connectivity index (χ1) is 12.1. The van der Waals surface area contributed by atoms with Crippen molar-refractivity contribution in [2.24, 2.45) is 5.73 Å². The number of carbonyl (C=O) groups is 1. The molecule has 126 valence electrons. The van der Waals surface area contributed by atoms with Gasteiger partial charge < -0.3 is 5.73 Å². The molecule has 0 fully saturated rings. The smallest absolute Gasteiger partial charge is 0.230 e. The van der Waals surface area contributed by atoms with Gasteiger partial charge in [0.1, 0.15) is 0 Å². The van der Waals surface area contributed by atoms with Crippen LogP contribution in [0.1, 0.15) is 16.8 Å². The number of aromatic nitrogens is 1. The minimum absolute atomic E-state index is 0.366. The van der Waals surface area contributed by atoms with Crippen molar-refractivity contribution in [3.63, 3.8) is 0 Å². The highest BCUT2D eigenvalue weighted by molar-refractivity contribution is 9.10. The predicted molar refractivity (Wildman–Crippen MR) is 103 cm³/mol. The Kier molecular flexibility index (Phi) is 5.29. The molecule has 0 aliphatic rings. The third kappa shape index (κ3) is 3.97. The molecular weight excluding hydrogens is 376 g/mol. The third-order valence-electron chi connectivity index (χ3n) is 4.39. The van der Waals surface area contributed by atoms with Gasteiger partial charge >= 0.3 is 0 Å². The Bertz CT molecular complexity index is 791. The summed E-state index contributed by atoms with van der Waals surface area (Å²) in [6.45, 7) is 0. The third-order valence-corrected chi connectivity index (χ3v) is 4.86. The fourth-order valence-electron chi connectivity index (χ4n) is 3.09. The van der Waals surface area contributed by atoms with Crippen molar-refractivity contribution in [1.82, 2.24) is 4.98 Å². The molecule has 0 unspecified atom stereocenters. The minimum Gasteiger partial charge on any atom is -0.369 e. The van der Waals surface area contributed by atoms with Gasteiger partial charge in [0.05, 0.1) is 11.1 Å². The van der Waals surface area contributed by atoms with E-state index in [2.05, 4.69) is 20.9 Å². The van der Waals surface area contributed by atoms with Gasteiger partial charge in [-0.1, -0.05) is 60.7 Å². The maximum absolute atomic E-state index is 12.7. The number of nitrogens with zero attached hydrogens (tertiary/aromatic N) is 1. The average Bonchev–Trinajstić information content (AvgIpc) is 2.63. The van der Waals surface area contributed by atoms with E-state index in [-0.39, 0.29) is 5.91 Å². The van der Waals surface area contributed by atoms with E-state index in [1.807, 2.05) is 72.8 Å². The molecule has 1 amide bonds. The van der Waals surface area contributed by atoms with Crippen LogP contribution in [0.3, 0.4) is 0 Å². The van der Waals surface area contributed by atoms with E-state index in [0.29, 0.717) is 18.5 Å². The van der Waals surface area contributed by atoms with Crippen molar-refractivity contribution in [3.05, 3.63) is 100 Å². The van der Waals surface area contributed by atoms with Crippen molar-refractivity contribution in [2.45, 2.75) is 18.3 Å². The van der Waals surface area contributed by atoms with Gasteiger partial charge in [0.2, 0.25) is 5.91 Å². The van der Waals surface area contributed by atoms with Crippen molar-refractivity contribution in [2.75, 3.05) is 0 Å². The second-order valence-corrected chi connectivity index (χ2v) is 7.05. The number of benzene rings is 2. The molecule has 3 nitrogen and oxygen atoms in total. The summed E-state index contributed by atoms with van der Waals surface area (Å²) in [4.78, 5) is 17.2. The van der Waals surface area contributed by atoms with Crippen LogP contribution in [-0.2, 0) is 23.1 Å². The number of halogens is 1. The maximum Gasteiger partial charge on any atom is 0.230 e. The van der Waals surface area contributed by atoms with Gasteiger partial charge in [0.25, 0.3) is 0 Å². The number of pyridine rings is 1. The number of hydrogen-bond donors (Lipinski definition) is 1. The number of carbonyl (C=O) groups excluding carboxylic acids is 1. The molecule has 0 radical (unpaired) electrons. The van der Waals surface area contributed by atoms with Crippen molar-refractivity contribution >= 4 is 21.8 Å². The molecule has 0 saturated heterocycles. The number of rotatable bonds is 6. The van der Waals surface area contributed by atoms with Gasteiger partial charge in [0, 0.05) is 10.7 Å². The summed E-state index contributed by atoms with van der Waals surface area (Å²) in [7, 11) is 0. The van der Waals surface area contributed by atoms with Gasteiger partial charge in [-0.2, -0.15) is 0 Å². The first kappa shape index (κ1) is 17.4. The number of primary amides is 1. The zero-order valence-electron chi connectivity index (χ0n) is 13.7. The van der Waals surface area contributed by atoms with Gasteiger partial charge in [-0.3, -0.25) is 9.78 Å².